The van der Waals surface area contributed by atoms with Crippen LogP contribution in [0.25, 0.3) is 0 Å². The number of esters is 3. The van der Waals surface area contributed by atoms with Gasteiger partial charge in [0.05, 0.1) is 37.6 Å². The Bertz CT molecular complexity index is 1550. The Hall–Kier alpha value is -4.93. The minimum atomic E-state index is -0.882. The monoisotopic (exact) mass is 730 g/mol. The largest absolute Gasteiger partial charge is 0.494 e. The van der Waals surface area contributed by atoms with E-state index < -0.39 is 18.2 Å². The lowest BCUT2D eigenvalue weighted by atomic mass is 10.1. The van der Waals surface area contributed by atoms with E-state index in [-0.39, 0.29) is 5.97 Å². The average Bonchev–Trinajstić information content (AvgIpc) is 3.17. The molecule has 0 aliphatic heterocycles. The predicted molar refractivity (Wildman–Crippen MR) is 204 cm³/mol. The molecule has 1 atom stereocenters. The van der Waals surface area contributed by atoms with Gasteiger partial charge in [0.2, 0.25) is 0 Å². The maximum absolute atomic E-state index is 12.8. The van der Waals surface area contributed by atoms with Crippen LogP contribution in [0, 0.1) is 6.92 Å². The van der Waals surface area contributed by atoms with E-state index in [0.717, 1.165) is 77.0 Å². The lowest BCUT2D eigenvalue weighted by Crippen LogP contribution is -2.10. The van der Waals surface area contributed by atoms with Gasteiger partial charge < -0.3 is 33.5 Å². The number of aliphatic hydroxyl groups is 1. The van der Waals surface area contributed by atoms with Crippen LogP contribution in [0.5, 0.6) is 23.0 Å². The number of aliphatic hydroxyl groups excluding tert-OH is 1. The van der Waals surface area contributed by atoms with Crippen LogP contribution < -0.4 is 18.9 Å². The van der Waals surface area contributed by atoms with Crippen molar-refractivity contribution in [2.24, 2.45) is 0 Å². The average molecular weight is 731 g/mol. The fourth-order valence-electron chi connectivity index (χ4n) is 5.21. The third-order valence-corrected chi connectivity index (χ3v) is 8.26. The molecule has 286 valence electrons. The molecule has 0 spiro atoms. The Morgan fingerprint density at radius 3 is 1.55 bits per heavy atom. The summed E-state index contributed by atoms with van der Waals surface area (Å²) in [7, 11) is 0. The summed E-state index contributed by atoms with van der Waals surface area (Å²) in [5.41, 5.74) is 1.42. The number of rotatable bonds is 27. The molecule has 3 aromatic rings. The first-order chi connectivity index (χ1) is 25.8. The first-order valence-corrected chi connectivity index (χ1v) is 18.5. The molecule has 0 aliphatic rings. The Balaban J connectivity index is 1.30. The molecule has 53 heavy (non-hydrogen) atoms. The maximum Gasteiger partial charge on any atom is 0.343 e. The molecule has 0 amide bonds. The normalized spacial score (nSPS) is 11.3. The molecule has 1 unspecified atom stereocenters. The highest BCUT2D eigenvalue weighted by atomic mass is 16.6. The number of hydrogen-bond acceptors (Lipinski definition) is 10. The third-order valence-electron chi connectivity index (χ3n) is 8.26. The fraction of sp³-hybridized carbons (Fsp3) is 0.419. The van der Waals surface area contributed by atoms with E-state index in [0.29, 0.717) is 66.1 Å². The van der Waals surface area contributed by atoms with Crippen molar-refractivity contribution in [3.05, 3.63) is 109 Å². The first-order valence-electron chi connectivity index (χ1n) is 18.5. The Labute approximate surface area is 313 Å². The SMILES string of the molecule is C=CC(=O)OCCCCCCCCOc1ccc(C(=O)Oc2ccc(OC(=O)c3ccc(OCCCCCCCCOC(O)C=C)cc3)cc2C)cc1. The molecular weight excluding hydrogens is 676 g/mol. The van der Waals surface area contributed by atoms with Gasteiger partial charge in [-0.15, -0.1) is 0 Å². The molecule has 0 heterocycles. The lowest BCUT2D eigenvalue weighted by molar-refractivity contribution is -0.137. The molecule has 0 aliphatic carbocycles. The van der Waals surface area contributed by atoms with E-state index >= 15 is 0 Å². The summed E-state index contributed by atoms with van der Waals surface area (Å²) in [6.45, 7) is 10.8. The van der Waals surface area contributed by atoms with Crippen molar-refractivity contribution in [2.45, 2.75) is 90.3 Å². The summed E-state index contributed by atoms with van der Waals surface area (Å²) in [5, 5.41) is 9.28. The third kappa shape index (κ3) is 17.4. The summed E-state index contributed by atoms with van der Waals surface area (Å²) in [5.74, 6) is 0.675. The van der Waals surface area contributed by atoms with Gasteiger partial charge in [-0.1, -0.05) is 64.5 Å². The van der Waals surface area contributed by atoms with E-state index in [1.54, 1.807) is 73.7 Å². The minimum Gasteiger partial charge on any atom is -0.494 e. The second-order valence-electron chi connectivity index (χ2n) is 12.6. The van der Waals surface area contributed by atoms with E-state index in [9.17, 15) is 19.5 Å². The Morgan fingerprint density at radius 2 is 1.06 bits per heavy atom. The van der Waals surface area contributed by atoms with Gasteiger partial charge in [-0.3, -0.25) is 0 Å². The van der Waals surface area contributed by atoms with Gasteiger partial charge in [0.25, 0.3) is 0 Å². The number of unbranched alkanes of at least 4 members (excludes halogenated alkanes) is 10. The van der Waals surface area contributed by atoms with Gasteiger partial charge in [-0.05, 0) is 111 Å². The van der Waals surface area contributed by atoms with Crippen molar-refractivity contribution < 1.29 is 47.9 Å². The lowest BCUT2D eigenvalue weighted by Gasteiger charge is -2.11. The molecule has 3 rings (SSSR count). The zero-order chi connectivity index (χ0) is 38.1. The molecular formula is C43H54O10. The number of hydrogen-bond donors (Lipinski definition) is 1. The molecule has 3 aromatic carbocycles. The maximum atomic E-state index is 12.8. The molecule has 0 saturated carbocycles. The van der Waals surface area contributed by atoms with Gasteiger partial charge >= 0.3 is 17.9 Å². The summed E-state index contributed by atoms with van der Waals surface area (Å²) in [4.78, 5) is 36.6. The molecule has 10 nitrogen and oxygen atoms in total. The smallest absolute Gasteiger partial charge is 0.343 e. The van der Waals surface area contributed by atoms with Gasteiger partial charge in [0.15, 0.2) is 6.29 Å². The number of carbonyl (C=O) groups is 3. The van der Waals surface area contributed by atoms with E-state index in [4.69, 9.17) is 28.4 Å². The summed E-state index contributed by atoms with van der Waals surface area (Å²) >= 11 is 0. The van der Waals surface area contributed by atoms with E-state index in [1.807, 2.05) is 0 Å². The Morgan fingerprint density at radius 1 is 0.604 bits per heavy atom. The van der Waals surface area contributed by atoms with Crippen LogP contribution in [0.4, 0.5) is 0 Å². The predicted octanol–water partition coefficient (Wildman–Crippen LogP) is 9.12. The quantitative estimate of drug-likeness (QED) is 0.0203. The zero-order valence-electron chi connectivity index (χ0n) is 30.9. The van der Waals surface area contributed by atoms with Gasteiger partial charge in [-0.2, -0.15) is 0 Å². The van der Waals surface area contributed by atoms with Crippen molar-refractivity contribution in [1.82, 2.24) is 0 Å². The molecule has 0 aromatic heterocycles. The standard InChI is InChI=1S/C43H54O10/c1-4-40(44)50-30-16-12-8-6-10-14-28-48-36-22-18-34(19-23-36)42(46)52-38-26-27-39(33(3)32-38)53-43(47)35-20-24-37(25-21-35)49-29-15-11-7-9-13-17-31-51-41(45)5-2/h4-5,18-27,32,40,44H,1-2,6-17,28-31H2,3H3. The second kappa shape index (κ2) is 25.1. The van der Waals surface area contributed by atoms with Crippen molar-refractivity contribution >= 4 is 17.9 Å². The van der Waals surface area contributed by atoms with Crippen LogP contribution >= 0.6 is 0 Å². The highest BCUT2D eigenvalue weighted by Crippen LogP contribution is 2.26. The van der Waals surface area contributed by atoms with Crippen LogP contribution in [0.2, 0.25) is 0 Å². The highest BCUT2D eigenvalue weighted by Gasteiger charge is 2.14. The highest BCUT2D eigenvalue weighted by molar-refractivity contribution is 5.92. The summed E-state index contributed by atoms with van der Waals surface area (Å²) < 4.78 is 32.9. The summed E-state index contributed by atoms with van der Waals surface area (Å²) in [6, 6.07) is 18.5. The molecule has 1 N–H and O–H groups in total. The van der Waals surface area contributed by atoms with Crippen LogP contribution in [0.3, 0.4) is 0 Å². The van der Waals surface area contributed by atoms with Crippen LogP contribution in [-0.2, 0) is 14.3 Å². The van der Waals surface area contributed by atoms with Crippen molar-refractivity contribution in [3.63, 3.8) is 0 Å². The molecule has 0 bridgehead atoms. The van der Waals surface area contributed by atoms with Gasteiger partial charge in [-0.25, -0.2) is 14.4 Å². The fourth-order valence-corrected chi connectivity index (χ4v) is 5.21. The van der Waals surface area contributed by atoms with Crippen molar-refractivity contribution in [2.75, 3.05) is 26.4 Å². The van der Waals surface area contributed by atoms with Crippen molar-refractivity contribution in [3.8, 4) is 23.0 Å². The Kier molecular flexibility index (Phi) is 20.1. The van der Waals surface area contributed by atoms with Crippen LogP contribution in [0.1, 0.15) is 103 Å². The number of aryl methyl sites for hydroxylation is 1. The van der Waals surface area contributed by atoms with Crippen LogP contribution in [-0.4, -0.2) is 55.7 Å². The number of benzene rings is 3. The molecule has 0 fully saturated rings. The van der Waals surface area contributed by atoms with E-state index in [2.05, 4.69) is 13.2 Å². The second-order valence-corrected chi connectivity index (χ2v) is 12.6. The van der Waals surface area contributed by atoms with E-state index in [1.165, 1.54) is 12.2 Å². The molecule has 10 heteroatoms. The number of carbonyl (C=O) groups excluding carboxylic acids is 3. The summed E-state index contributed by atoms with van der Waals surface area (Å²) in [6.07, 6.45) is 13.8. The zero-order valence-corrected chi connectivity index (χ0v) is 30.9. The topological polar surface area (TPSA) is 127 Å². The van der Waals surface area contributed by atoms with Gasteiger partial charge in [0.1, 0.15) is 23.0 Å². The molecule has 0 saturated heterocycles. The van der Waals surface area contributed by atoms with Gasteiger partial charge in [0, 0.05) is 6.08 Å². The molecule has 0 radical (unpaired) electrons. The van der Waals surface area contributed by atoms with Crippen LogP contribution in [0.15, 0.2) is 92.0 Å². The number of ether oxygens (including phenoxy) is 6. The minimum absolute atomic E-state index is 0.336. The first kappa shape index (κ1) is 42.5. The van der Waals surface area contributed by atoms with Crippen molar-refractivity contribution in [1.29, 1.82) is 0 Å².